The monoisotopic (exact) mass is 652 g/mol. The van der Waals surface area contributed by atoms with Crippen molar-refractivity contribution < 1.29 is 28.7 Å². The molecule has 0 radical (unpaired) electrons. The number of likely N-dealkylation sites (N-methyl/N-ethyl adjacent to an activating group) is 3. The van der Waals surface area contributed by atoms with Crippen molar-refractivity contribution in [3.63, 3.8) is 0 Å². The molecule has 12 heteroatoms. The molecule has 0 saturated carbocycles. The summed E-state index contributed by atoms with van der Waals surface area (Å²) in [6.07, 6.45) is 3.31. The van der Waals surface area contributed by atoms with Gasteiger partial charge < -0.3 is 35.4 Å². The van der Waals surface area contributed by atoms with E-state index in [4.69, 9.17) is 4.74 Å². The summed E-state index contributed by atoms with van der Waals surface area (Å²) in [5.41, 5.74) is -0.443. The highest BCUT2D eigenvalue weighted by Gasteiger charge is 2.39. The van der Waals surface area contributed by atoms with E-state index in [0.29, 0.717) is 25.9 Å². The molecule has 1 saturated heterocycles. The molecule has 266 valence electrons. The molecule has 1 heterocycles. The van der Waals surface area contributed by atoms with Crippen molar-refractivity contribution in [3.05, 3.63) is 0 Å². The average molecular weight is 653 g/mol. The van der Waals surface area contributed by atoms with Crippen LogP contribution in [0.2, 0.25) is 0 Å². The molecule has 5 amide bonds. The zero-order valence-electron chi connectivity index (χ0n) is 30.7. The smallest absolute Gasteiger partial charge is 0.245 e. The van der Waals surface area contributed by atoms with E-state index in [9.17, 15) is 24.0 Å². The van der Waals surface area contributed by atoms with Gasteiger partial charge in [-0.1, -0.05) is 27.7 Å². The summed E-state index contributed by atoms with van der Waals surface area (Å²) in [4.78, 5) is 72.8. The summed E-state index contributed by atoms with van der Waals surface area (Å²) in [6.45, 7) is 18.6. The molecule has 0 spiro atoms. The van der Waals surface area contributed by atoms with Crippen LogP contribution in [0.1, 0.15) is 101 Å². The molecule has 1 rings (SSSR count). The maximum atomic E-state index is 14.2. The standard InChI is InChI=1S/C34H64N6O6/c1-22(2)18-27(30(42)37-25(20-29(41)36-24(5)6)32(44)40-16-14-13-15-17-40)38(11)33(45)28(19-23(3)4)39(12)31(43)26(35-10)21-46-34(7,8)9/h22-28,35H,13-21H2,1-12H3,(H,36,41)(H,37,42)/t25?,26-,27-,28-/m0/s1. The van der Waals surface area contributed by atoms with Gasteiger partial charge in [-0.15, -0.1) is 0 Å². The van der Waals surface area contributed by atoms with Crippen LogP contribution in [-0.2, 0) is 28.7 Å². The lowest BCUT2D eigenvalue weighted by Gasteiger charge is -2.37. The van der Waals surface area contributed by atoms with Gasteiger partial charge in [0.15, 0.2) is 0 Å². The second kappa shape index (κ2) is 19.2. The number of nitrogens with one attached hydrogen (secondary N) is 3. The first kappa shape index (κ1) is 41.3. The number of amides is 5. The first-order chi connectivity index (χ1) is 21.3. The zero-order chi connectivity index (χ0) is 35.4. The summed E-state index contributed by atoms with van der Waals surface area (Å²) < 4.78 is 5.87. The molecule has 0 bridgehead atoms. The SMILES string of the molecule is CN[C@@H](COC(C)(C)C)C(=O)N(C)[C@@H](CC(C)C)C(=O)N(C)[C@@H](CC(C)C)C(=O)NC(CC(=O)NC(C)C)C(=O)N1CCCCC1. The second-order valence-electron chi connectivity index (χ2n) is 14.8. The molecule has 1 unspecified atom stereocenters. The minimum absolute atomic E-state index is 0.0395. The summed E-state index contributed by atoms with van der Waals surface area (Å²) in [7, 11) is 4.87. The lowest BCUT2D eigenvalue weighted by atomic mass is 9.97. The van der Waals surface area contributed by atoms with Crippen molar-refractivity contribution in [1.82, 2.24) is 30.7 Å². The fraction of sp³-hybridized carbons (Fsp3) is 0.853. The quantitative estimate of drug-likeness (QED) is 0.219. The number of carbonyl (C=O) groups excluding carboxylic acids is 5. The van der Waals surface area contributed by atoms with Gasteiger partial charge in [-0.3, -0.25) is 24.0 Å². The maximum Gasteiger partial charge on any atom is 0.245 e. The summed E-state index contributed by atoms with van der Waals surface area (Å²) >= 11 is 0. The molecule has 1 fully saturated rings. The minimum Gasteiger partial charge on any atom is -0.374 e. The van der Waals surface area contributed by atoms with Crippen LogP contribution in [0.5, 0.6) is 0 Å². The molecular formula is C34H64N6O6. The zero-order valence-corrected chi connectivity index (χ0v) is 30.7. The normalized spacial score (nSPS) is 16.5. The van der Waals surface area contributed by atoms with Crippen molar-refractivity contribution in [1.29, 1.82) is 0 Å². The Hall–Kier alpha value is -2.73. The Morgan fingerprint density at radius 1 is 0.761 bits per heavy atom. The van der Waals surface area contributed by atoms with Crippen molar-refractivity contribution in [3.8, 4) is 0 Å². The third-order valence-electron chi connectivity index (χ3n) is 8.06. The predicted molar refractivity (Wildman–Crippen MR) is 181 cm³/mol. The van der Waals surface area contributed by atoms with Gasteiger partial charge in [-0.05, 0) is 85.6 Å². The number of rotatable bonds is 17. The Kier molecular flexibility index (Phi) is 17.2. The largest absolute Gasteiger partial charge is 0.374 e. The van der Waals surface area contributed by atoms with Crippen molar-refractivity contribution >= 4 is 29.5 Å². The summed E-state index contributed by atoms with van der Waals surface area (Å²) in [5, 5.41) is 8.69. The second-order valence-corrected chi connectivity index (χ2v) is 14.8. The van der Waals surface area contributed by atoms with Crippen LogP contribution >= 0.6 is 0 Å². The Morgan fingerprint density at radius 2 is 1.28 bits per heavy atom. The van der Waals surface area contributed by atoms with Gasteiger partial charge in [-0.25, -0.2) is 0 Å². The van der Waals surface area contributed by atoms with Crippen molar-refractivity contribution in [2.24, 2.45) is 11.8 Å². The van der Waals surface area contributed by atoms with Crippen LogP contribution in [0, 0.1) is 11.8 Å². The number of nitrogens with zero attached hydrogens (tertiary/aromatic N) is 3. The van der Waals surface area contributed by atoms with Crippen molar-refractivity contribution in [2.75, 3.05) is 40.8 Å². The first-order valence-electron chi connectivity index (χ1n) is 17.0. The lowest BCUT2D eigenvalue weighted by Crippen LogP contribution is -2.60. The number of ether oxygens (including phenoxy) is 1. The number of carbonyl (C=O) groups is 5. The Balaban J connectivity index is 3.33. The van der Waals surface area contributed by atoms with Gasteiger partial charge in [0.1, 0.15) is 24.2 Å². The Bertz CT molecular complexity index is 1000. The maximum absolute atomic E-state index is 14.2. The number of piperidine rings is 1. The predicted octanol–water partition coefficient (Wildman–Crippen LogP) is 2.55. The molecule has 1 aliphatic rings. The highest BCUT2D eigenvalue weighted by molar-refractivity contribution is 5.96. The Labute approximate surface area is 278 Å². The van der Waals surface area contributed by atoms with Crippen LogP contribution < -0.4 is 16.0 Å². The van der Waals surface area contributed by atoms with Gasteiger partial charge in [0.05, 0.1) is 18.6 Å². The molecular weight excluding hydrogens is 588 g/mol. The molecule has 0 aromatic rings. The van der Waals surface area contributed by atoms with Crippen LogP contribution in [-0.4, -0.2) is 121 Å². The van der Waals surface area contributed by atoms with Gasteiger partial charge in [0.2, 0.25) is 29.5 Å². The fourth-order valence-corrected chi connectivity index (χ4v) is 5.53. The van der Waals surface area contributed by atoms with Gasteiger partial charge in [0.25, 0.3) is 0 Å². The molecule has 12 nitrogen and oxygen atoms in total. The third-order valence-corrected chi connectivity index (χ3v) is 8.06. The molecule has 1 aliphatic heterocycles. The van der Waals surface area contributed by atoms with E-state index < -0.39 is 35.7 Å². The van der Waals surface area contributed by atoms with E-state index in [1.54, 1.807) is 26.0 Å². The van der Waals surface area contributed by atoms with E-state index in [1.165, 1.54) is 9.80 Å². The Morgan fingerprint density at radius 3 is 1.76 bits per heavy atom. The van der Waals surface area contributed by atoms with E-state index in [1.807, 2.05) is 62.3 Å². The summed E-state index contributed by atoms with van der Waals surface area (Å²) in [5.74, 6) is -1.65. The van der Waals surface area contributed by atoms with Gasteiger partial charge in [-0.2, -0.15) is 0 Å². The van der Waals surface area contributed by atoms with E-state index >= 15 is 0 Å². The molecule has 3 N–H and O–H groups in total. The number of likely N-dealkylation sites (tertiary alicyclic amines) is 1. The first-order valence-corrected chi connectivity index (χ1v) is 17.0. The number of hydrogen-bond acceptors (Lipinski definition) is 7. The topological polar surface area (TPSA) is 140 Å². The van der Waals surface area contributed by atoms with Crippen LogP contribution in [0.4, 0.5) is 0 Å². The molecule has 0 aromatic carbocycles. The fourth-order valence-electron chi connectivity index (χ4n) is 5.53. The molecule has 46 heavy (non-hydrogen) atoms. The van der Waals surface area contributed by atoms with Crippen LogP contribution in [0.15, 0.2) is 0 Å². The van der Waals surface area contributed by atoms with Gasteiger partial charge in [0, 0.05) is 33.2 Å². The van der Waals surface area contributed by atoms with Gasteiger partial charge >= 0.3 is 0 Å². The number of hydrogen-bond donors (Lipinski definition) is 3. The average Bonchev–Trinajstić information content (AvgIpc) is 2.96. The molecule has 0 aromatic heterocycles. The van der Waals surface area contributed by atoms with E-state index in [0.717, 1.165) is 19.3 Å². The minimum atomic E-state index is -1.06. The van der Waals surface area contributed by atoms with E-state index in [2.05, 4.69) is 16.0 Å². The molecule has 4 atom stereocenters. The van der Waals surface area contributed by atoms with Crippen LogP contribution in [0.3, 0.4) is 0 Å². The highest BCUT2D eigenvalue weighted by atomic mass is 16.5. The van der Waals surface area contributed by atoms with Crippen molar-refractivity contribution in [2.45, 2.75) is 137 Å². The summed E-state index contributed by atoms with van der Waals surface area (Å²) in [6, 6.07) is -3.58. The van der Waals surface area contributed by atoms with E-state index in [-0.39, 0.29) is 54.5 Å². The molecule has 0 aliphatic carbocycles. The van der Waals surface area contributed by atoms with Crippen LogP contribution in [0.25, 0.3) is 0 Å². The lowest BCUT2D eigenvalue weighted by molar-refractivity contribution is -0.151. The highest BCUT2D eigenvalue weighted by Crippen LogP contribution is 2.20. The third kappa shape index (κ3) is 13.9.